The van der Waals surface area contributed by atoms with Crippen molar-refractivity contribution in [2.45, 2.75) is 200 Å². The van der Waals surface area contributed by atoms with Gasteiger partial charge in [0.1, 0.15) is 13.2 Å². The molecule has 0 aliphatic rings. The molecular weight excluding hydrogens is 769 g/mol. The molecule has 0 heterocycles. The molecule has 0 N–H and O–H groups in total. The molecule has 62 heavy (non-hydrogen) atoms. The zero-order chi connectivity index (χ0) is 45.1. The van der Waals surface area contributed by atoms with Gasteiger partial charge in [-0.2, -0.15) is 0 Å². The summed E-state index contributed by atoms with van der Waals surface area (Å²) in [6.07, 6.45) is 67.6. The molecule has 0 fully saturated rings. The Kier molecular flexibility index (Phi) is 46.1. The molecule has 0 aromatic rings. The predicted octanol–water partition coefficient (Wildman–Crippen LogP) is 16.1. The molecule has 6 nitrogen and oxygen atoms in total. The first-order valence-corrected chi connectivity index (χ1v) is 24.5. The predicted molar refractivity (Wildman–Crippen MR) is 265 cm³/mol. The molecule has 1 atom stereocenters. The summed E-state index contributed by atoms with van der Waals surface area (Å²) in [4.78, 5) is 37.8. The van der Waals surface area contributed by atoms with Crippen LogP contribution in [-0.4, -0.2) is 37.2 Å². The van der Waals surface area contributed by atoms with Crippen molar-refractivity contribution in [3.63, 3.8) is 0 Å². The van der Waals surface area contributed by atoms with Crippen LogP contribution in [0.2, 0.25) is 0 Å². The monoisotopic (exact) mass is 857 g/mol. The lowest BCUT2D eigenvalue weighted by Gasteiger charge is -2.18. The van der Waals surface area contributed by atoms with E-state index in [1.165, 1.54) is 25.7 Å². The van der Waals surface area contributed by atoms with Crippen LogP contribution in [0.4, 0.5) is 0 Å². The second-order valence-electron chi connectivity index (χ2n) is 15.6. The Morgan fingerprint density at radius 3 is 1.03 bits per heavy atom. The molecule has 6 heteroatoms. The minimum Gasteiger partial charge on any atom is -0.462 e. The summed E-state index contributed by atoms with van der Waals surface area (Å²) in [6.45, 7) is 6.26. The molecule has 0 rings (SSSR count). The number of allylic oxidation sites excluding steroid dienone is 20. The van der Waals surface area contributed by atoms with Gasteiger partial charge in [0, 0.05) is 19.3 Å². The van der Waals surface area contributed by atoms with Gasteiger partial charge in [-0.05, 0) is 122 Å². The number of rotatable bonds is 42. The number of ether oxygens (including phenoxy) is 3. The molecule has 1 unspecified atom stereocenters. The summed E-state index contributed by atoms with van der Waals surface area (Å²) in [7, 11) is 0. The third-order valence-electron chi connectivity index (χ3n) is 9.68. The first kappa shape index (κ1) is 57.8. The normalized spacial score (nSPS) is 13.1. The summed E-state index contributed by atoms with van der Waals surface area (Å²) in [5, 5.41) is 0. The van der Waals surface area contributed by atoms with Crippen molar-refractivity contribution < 1.29 is 28.6 Å². The van der Waals surface area contributed by atoms with E-state index in [1.807, 2.05) is 0 Å². The molecule has 0 radical (unpaired) electrons. The molecule has 0 spiro atoms. The van der Waals surface area contributed by atoms with E-state index in [-0.39, 0.29) is 37.5 Å². The number of carbonyl (C=O) groups is 3. The van der Waals surface area contributed by atoms with E-state index in [9.17, 15) is 14.4 Å². The maximum absolute atomic E-state index is 12.8. The molecule has 0 saturated heterocycles. The minimum atomic E-state index is -0.821. The van der Waals surface area contributed by atoms with Crippen molar-refractivity contribution in [2.24, 2.45) is 0 Å². The van der Waals surface area contributed by atoms with Crippen LogP contribution in [0, 0.1) is 0 Å². The highest BCUT2D eigenvalue weighted by Crippen LogP contribution is 2.11. The lowest BCUT2D eigenvalue weighted by molar-refractivity contribution is -0.167. The third-order valence-corrected chi connectivity index (χ3v) is 9.68. The van der Waals surface area contributed by atoms with E-state index in [0.29, 0.717) is 25.7 Å². The van der Waals surface area contributed by atoms with Crippen LogP contribution in [0.25, 0.3) is 0 Å². The van der Waals surface area contributed by atoms with Crippen molar-refractivity contribution in [1.29, 1.82) is 0 Å². The topological polar surface area (TPSA) is 78.9 Å². The first-order chi connectivity index (χ1) is 30.5. The maximum atomic E-state index is 12.8. The quantitative estimate of drug-likeness (QED) is 0.0263. The molecule has 0 aliphatic heterocycles. The molecule has 0 saturated carbocycles. The van der Waals surface area contributed by atoms with Crippen molar-refractivity contribution in [2.75, 3.05) is 13.2 Å². The van der Waals surface area contributed by atoms with Crippen LogP contribution >= 0.6 is 0 Å². The Labute approximate surface area is 380 Å². The van der Waals surface area contributed by atoms with Gasteiger partial charge in [0.2, 0.25) is 0 Å². The smallest absolute Gasteiger partial charge is 0.306 e. The van der Waals surface area contributed by atoms with E-state index in [0.717, 1.165) is 116 Å². The largest absolute Gasteiger partial charge is 0.462 e. The van der Waals surface area contributed by atoms with Crippen LogP contribution < -0.4 is 0 Å². The minimum absolute atomic E-state index is 0.121. The summed E-state index contributed by atoms with van der Waals surface area (Å²) in [6, 6.07) is 0. The highest BCUT2D eigenvalue weighted by atomic mass is 16.6. The van der Waals surface area contributed by atoms with Gasteiger partial charge in [-0.3, -0.25) is 14.4 Å². The molecule has 0 aliphatic carbocycles. The van der Waals surface area contributed by atoms with Gasteiger partial charge in [0.15, 0.2) is 6.10 Å². The number of hydrogen-bond acceptors (Lipinski definition) is 6. The van der Waals surface area contributed by atoms with Crippen molar-refractivity contribution in [3.05, 3.63) is 122 Å². The van der Waals surface area contributed by atoms with Gasteiger partial charge in [-0.1, -0.05) is 174 Å². The average Bonchev–Trinajstić information content (AvgIpc) is 3.27. The van der Waals surface area contributed by atoms with E-state index in [4.69, 9.17) is 14.2 Å². The zero-order valence-electron chi connectivity index (χ0n) is 39.6. The standard InChI is InChI=1S/C56H88O6/c1-4-7-10-13-16-19-21-23-25-27-28-29-31-32-34-37-40-43-46-49-55(58)61-52-53(51-60-54(57)48-45-42-39-36-18-15-12-9-6-3)62-56(59)50-47-44-41-38-35-33-30-26-24-22-20-17-14-11-8-5-2/h7-8,10-11,16-17,19-20,23-26,28-29,32-36,39,53H,4-6,9,12-15,18,21-22,27,30-31,37-38,40-52H2,1-3H3/b10-7-,11-8-,19-16-,20-17-,25-23-,26-24-,29-28-,34-32-,35-33-,39-36-. The number of carbonyl (C=O) groups excluding carboxylic acids is 3. The summed E-state index contributed by atoms with van der Waals surface area (Å²) >= 11 is 0. The maximum Gasteiger partial charge on any atom is 0.306 e. The number of unbranched alkanes of at least 4 members (excludes halogenated alkanes) is 11. The fourth-order valence-corrected chi connectivity index (χ4v) is 6.05. The molecule has 0 aromatic heterocycles. The van der Waals surface area contributed by atoms with Gasteiger partial charge in [0.25, 0.3) is 0 Å². The van der Waals surface area contributed by atoms with E-state index >= 15 is 0 Å². The Morgan fingerprint density at radius 2 is 0.645 bits per heavy atom. The van der Waals surface area contributed by atoms with E-state index in [2.05, 4.69) is 142 Å². The fraction of sp³-hybridized carbons (Fsp3) is 0.589. The van der Waals surface area contributed by atoms with E-state index in [1.54, 1.807) is 0 Å². The van der Waals surface area contributed by atoms with E-state index < -0.39 is 6.10 Å². The summed E-state index contributed by atoms with van der Waals surface area (Å²) in [5.41, 5.74) is 0. The van der Waals surface area contributed by atoms with Gasteiger partial charge in [0.05, 0.1) is 0 Å². The Morgan fingerprint density at radius 1 is 0.339 bits per heavy atom. The summed E-state index contributed by atoms with van der Waals surface area (Å²) in [5.74, 6) is -1.03. The van der Waals surface area contributed by atoms with Gasteiger partial charge >= 0.3 is 17.9 Å². The molecular formula is C56H88O6. The SMILES string of the molecule is CC/C=C\C/C=C\C/C=C\C/C=C\C/C=C\CCCCCC(=O)OCC(COC(=O)CCC/C=C\CCCCCC)OC(=O)CCCCC/C=C\C/C=C\C/C=C\C/C=C\CC. The van der Waals surface area contributed by atoms with Crippen LogP contribution in [0.5, 0.6) is 0 Å². The lowest BCUT2D eigenvalue weighted by Crippen LogP contribution is -2.30. The Hall–Kier alpha value is -4.19. The van der Waals surface area contributed by atoms with Crippen molar-refractivity contribution in [1.82, 2.24) is 0 Å². The molecule has 0 amide bonds. The number of esters is 3. The first-order valence-electron chi connectivity index (χ1n) is 24.5. The number of hydrogen-bond donors (Lipinski definition) is 0. The average molecular weight is 857 g/mol. The molecule has 0 aromatic carbocycles. The molecule has 0 bridgehead atoms. The lowest BCUT2D eigenvalue weighted by atomic mass is 10.1. The third kappa shape index (κ3) is 46.9. The van der Waals surface area contributed by atoms with Crippen LogP contribution in [0.3, 0.4) is 0 Å². The van der Waals surface area contributed by atoms with Gasteiger partial charge in [-0.15, -0.1) is 0 Å². The second-order valence-corrected chi connectivity index (χ2v) is 15.6. The Bertz CT molecular complexity index is 1350. The highest BCUT2D eigenvalue weighted by molar-refractivity contribution is 5.71. The Balaban J connectivity index is 4.50. The van der Waals surface area contributed by atoms with Crippen LogP contribution in [0.15, 0.2) is 122 Å². The highest BCUT2D eigenvalue weighted by Gasteiger charge is 2.19. The van der Waals surface area contributed by atoms with Crippen LogP contribution in [0.1, 0.15) is 194 Å². The van der Waals surface area contributed by atoms with Crippen molar-refractivity contribution >= 4 is 17.9 Å². The zero-order valence-corrected chi connectivity index (χ0v) is 39.6. The van der Waals surface area contributed by atoms with Gasteiger partial charge < -0.3 is 14.2 Å². The fourth-order valence-electron chi connectivity index (χ4n) is 6.05. The summed E-state index contributed by atoms with van der Waals surface area (Å²) < 4.78 is 16.6. The van der Waals surface area contributed by atoms with Gasteiger partial charge in [-0.25, -0.2) is 0 Å². The van der Waals surface area contributed by atoms with Crippen molar-refractivity contribution in [3.8, 4) is 0 Å². The second kappa shape index (κ2) is 49.5. The van der Waals surface area contributed by atoms with Crippen LogP contribution in [-0.2, 0) is 28.6 Å². The molecule has 348 valence electrons.